The summed E-state index contributed by atoms with van der Waals surface area (Å²) < 4.78 is 0. The summed E-state index contributed by atoms with van der Waals surface area (Å²) >= 11 is 0. The van der Waals surface area contributed by atoms with Gasteiger partial charge in [0.2, 0.25) is 0 Å². The average molecular weight is 157 g/mol. The maximum Gasteiger partial charge on any atom is 0.00388 e. The predicted octanol–water partition coefficient (Wildman–Crippen LogP) is 2.81. The van der Waals surface area contributed by atoms with Gasteiger partial charge in [-0.1, -0.05) is 33.6 Å². The number of hydrogen-bond donors (Lipinski definition) is 1. The van der Waals surface area contributed by atoms with E-state index in [1.807, 2.05) is 0 Å². The maximum atomic E-state index is 3.52. The lowest BCUT2D eigenvalue weighted by atomic mass is 10.1. The molecule has 0 aliphatic carbocycles. The highest BCUT2D eigenvalue weighted by Gasteiger charge is 2.00. The van der Waals surface area contributed by atoms with Crippen LogP contribution in [0.15, 0.2) is 0 Å². The van der Waals surface area contributed by atoms with E-state index in [1.54, 1.807) is 0 Å². The largest absolute Gasteiger partial charge is 0.314 e. The van der Waals surface area contributed by atoms with Crippen LogP contribution in [0.5, 0.6) is 0 Å². The van der Waals surface area contributed by atoms with E-state index in [4.69, 9.17) is 0 Å². The monoisotopic (exact) mass is 157 g/mol. The van der Waals surface area contributed by atoms with Crippen molar-refractivity contribution in [3.63, 3.8) is 0 Å². The van der Waals surface area contributed by atoms with Crippen molar-refractivity contribution in [2.24, 2.45) is 5.92 Å². The van der Waals surface area contributed by atoms with Gasteiger partial charge in [-0.15, -0.1) is 0 Å². The molecular formula is C10H23N. The van der Waals surface area contributed by atoms with Crippen LogP contribution in [-0.2, 0) is 0 Å². The smallest absolute Gasteiger partial charge is 0.00388 e. The molecule has 68 valence electrons. The first-order valence-corrected chi connectivity index (χ1v) is 4.90. The molecule has 0 aromatic carbocycles. The molecule has 0 spiro atoms. The molecule has 0 bridgehead atoms. The number of nitrogens with one attached hydrogen (secondary N) is 1. The minimum atomic E-state index is 0.706. The SMILES string of the molecule is CCCC[C@H](C)NCC(C)C. The second kappa shape index (κ2) is 6.66. The van der Waals surface area contributed by atoms with Gasteiger partial charge in [-0.25, -0.2) is 0 Å². The van der Waals surface area contributed by atoms with Crippen LogP contribution < -0.4 is 5.32 Å². The lowest BCUT2D eigenvalue weighted by Crippen LogP contribution is -2.29. The standard InChI is InChI=1S/C10H23N/c1-5-6-7-10(4)11-8-9(2)3/h9-11H,5-8H2,1-4H3/t10-/m0/s1. The van der Waals surface area contributed by atoms with Crippen LogP contribution in [0, 0.1) is 5.92 Å². The maximum absolute atomic E-state index is 3.52. The summed E-state index contributed by atoms with van der Waals surface area (Å²) in [6, 6.07) is 0.706. The van der Waals surface area contributed by atoms with Crippen molar-refractivity contribution in [1.82, 2.24) is 5.32 Å². The Bertz CT molecular complexity index is 78.9. The predicted molar refractivity (Wildman–Crippen MR) is 51.8 cm³/mol. The summed E-state index contributed by atoms with van der Waals surface area (Å²) in [7, 11) is 0. The summed E-state index contributed by atoms with van der Waals surface area (Å²) in [5.41, 5.74) is 0. The van der Waals surface area contributed by atoms with Gasteiger partial charge in [0.05, 0.1) is 0 Å². The zero-order valence-corrected chi connectivity index (χ0v) is 8.48. The highest BCUT2D eigenvalue weighted by molar-refractivity contribution is 4.61. The van der Waals surface area contributed by atoms with E-state index in [9.17, 15) is 0 Å². The summed E-state index contributed by atoms with van der Waals surface area (Å²) in [6.07, 6.45) is 3.99. The summed E-state index contributed by atoms with van der Waals surface area (Å²) in [5.74, 6) is 0.777. The van der Waals surface area contributed by atoms with Gasteiger partial charge in [-0.3, -0.25) is 0 Å². The molecule has 0 rings (SSSR count). The van der Waals surface area contributed by atoms with Crippen LogP contribution in [0.25, 0.3) is 0 Å². The minimum Gasteiger partial charge on any atom is -0.314 e. The van der Waals surface area contributed by atoms with Crippen molar-refractivity contribution in [2.75, 3.05) is 6.54 Å². The molecule has 0 aromatic heterocycles. The highest BCUT2D eigenvalue weighted by Crippen LogP contribution is 2.00. The lowest BCUT2D eigenvalue weighted by molar-refractivity contribution is 0.453. The van der Waals surface area contributed by atoms with E-state index >= 15 is 0 Å². The molecule has 1 nitrogen and oxygen atoms in total. The molecule has 1 N–H and O–H groups in total. The fraction of sp³-hybridized carbons (Fsp3) is 1.00. The Balaban J connectivity index is 3.15. The van der Waals surface area contributed by atoms with Gasteiger partial charge in [-0.05, 0) is 25.8 Å². The third-order valence-electron chi connectivity index (χ3n) is 1.87. The summed E-state index contributed by atoms with van der Waals surface area (Å²) in [6.45, 7) is 10.2. The Hall–Kier alpha value is -0.0400. The molecule has 0 aromatic rings. The second-order valence-electron chi connectivity index (χ2n) is 3.85. The van der Waals surface area contributed by atoms with Crippen LogP contribution in [0.4, 0.5) is 0 Å². The van der Waals surface area contributed by atoms with Crippen LogP contribution >= 0.6 is 0 Å². The van der Waals surface area contributed by atoms with Crippen molar-refractivity contribution in [3.05, 3.63) is 0 Å². The Morgan fingerprint density at radius 3 is 2.27 bits per heavy atom. The van der Waals surface area contributed by atoms with Gasteiger partial charge in [0.25, 0.3) is 0 Å². The van der Waals surface area contributed by atoms with Crippen LogP contribution in [0.1, 0.15) is 47.0 Å². The molecule has 0 saturated carbocycles. The molecule has 1 atom stereocenters. The van der Waals surface area contributed by atoms with Crippen LogP contribution in [-0.4, -0.2) is 12.6 Å². The Morgan fingerprint density at radius 1 is 1.18 bits per heavy atom. The quantitative estimate of drug-likeness (QED) is 0.625. The molecule has 0 fully saturated rings. The van der Waals surface area contributed by atoms with Crippen molar-refractivity contribution >= 4 is 0 Å². The third kappa shape index (κ3) is 7.86. The van der Waals surface area contributed by atoms with E-state index in [0.717, 1.165) is 12.5 Å². The normalized spacial score (nSPS) is 13.9. The molecule has 0 unspecified atom stereocenters. The average Bonchev–Trinajstić information content (AvgIpc) is 1.97. The zero-order valence-electron chi connectivity index (χ0n) is 8.48. The number of hydrogen-bond acceptors (Lipinski definition) is 1. The fourth-order valence-corrected chi connectivity index (χ4v) is 1.05. The molecule has 0 aliphatic rings. The van der Waals surface area contributed by atoms with Crippen molar-refractivity contribution in [1.29, 1.82) is 0 Å². The summed E-state index contributed by atoms with van der Waals surface area (Å²) in [5, 5.41) is 3.52. The summed E-state index contributed by atoms with van der Waals surface area (Å²) in [4.78, 5) is 0. The lowest BCUT2D eigenvalue weighted by Gasteiger charge is -2.14. The Labute approximate surface area is 71.6 Å². The molecule has 0 aliphatic heterocycles. The van der Waals surface area contributed by atoms with Gasteiger partial charge < -0.3 is 5.32 Å². The van der Waals surface area contributed by atoms with E-state index in [2.05, 4.69) is 33.0 Å². The van der Waals surface area contributed by atoms with Gasteiger partial charge in [0, 0.05) is 6.04 Å². The molecule has 1 heteroatoms. The van der Waals surface area contributed by atoms with E-state index in [-0.39, 0.29) is 0 Å². The van der Waals surface area contributed by atoms with E-state index in [0.29, 0.717) is 6.04 Å². The van der Waals surface area contributed by atoms with E-state index in [1.165, 1.54) is 19.3 Å². The van der Waals surface area contributed by atoms with Crippen LogP contribution in [0.3, 0.4) is 0 Å². The van der Waals surface area contributed by atoms with Gasteiger partial charge in [0.15, 0.2) is 0 Å². The van der Waals surface area contributed by atoms with Gasteiger partial charge in [0.1, 0.15) is 0 Å². The Morgan fingerprint density at radius 2 is 1.82 bits per heavy atom. The molecule has 0 heterocycles. The van der Waals surface area contributed by atoms with Crippen molar-refractivity contribution in [3.8, 4) is 0 Å². The first-order valence-electron chi connectivity index (χ1n) is 4.90. The van der Waals surface area contributed by atoms with Crippen molar-refractivity contribution < 1.29 is 0 Å². The topological polar surface area (TPSA) is 12.0 Å². The fourth-order valence-electron chi connectivity index (χ4n) is 1.05. The molecule has 11 heavy (non-hydrogen) atoms. The molecule has 0 radical (unpaired) electrons. The number of rotatable bonds is 6. The number of unbranched alkanes of at least 4 members (excludes halogenated alkanes) is 1. The van der Waals surface area contributed by atoms with Crippen LogP contribution in [0.2, 0.25) is 0 Å². The highest BCUT2D eigenvalue weighted by atomic mass is 14.9. The minimum absolute atomic E-state index is 0.706. The molecular weight excluding hydrogens is 134 g/mol. The van der Waals surface area contributed by atoms with Gasteiger partial charge in [-0.2, -0.15) is 0 Å². The third-order valence-corrected chi connectivity index (χ3v) is 1.87. The molecule has 0 amide bonds. The zero-order chi connectivity index (χ0) is 8.69. The van der Waals surface area contributed by atoms with Gasteiger partial charge >= 0.3 is 0 Å². The molecule has 0 saturated heterocycles. The van der Waals surface area contributed by atoms with E-state index < -0.39 is 0 Å². The first kappa shape index (κ1) is 11.0. The first-order chi connectivity index (χ1) is 5.16. The Kier molecular flexibility index (Phi) is 6.63. The van der Waals surface area contributed by atoms with Crippen molar-refractivity contribution in [2.45, 2.75) is 53.0 Å². The second-order valence-corrected chi connectivity index (χ2v) is 3.85.